The molecule has 1 unspecified atom stereocenters. The predicted octanol–water partition coefficient (Wildman–Crippen LogP) is 4.35. The van der Waals surface area contributed by atoms with Gasteiger partial charge in [0, 0.05) is 6.54 Å². The second-order valence-corrected chi connectivity index (χ2v) is 8.63. The van der Waals surface area contributed by atoms with Crippen LogP contribution in [0, 0.1) is 11.3 Å². The Bertz CT molecular complexity index is 624. The Morgan fingerprint density at radius 2 is 2.00 bits per heavy atom. The monoisotopic (exact) mass is 395 g/mol. The molecule has 2 aliphatic rings. The molecule has 2 saturated carbocycles. The summed E-state index contributed by atoms with van der Waals surface area (Å²) in [6.45, 7) is 0.496. The smallest absolute Gasteiger partial charge is 0.252 e. The van der Waals surface area contributed by atoms with Crippen LogP contribution < -0.4 is 5.32 Å². The molecule has 4 nitrogen and oxygen atoms in total. The first-order valence-corrected chi connectivity index (χ1v) is 10.2. The van der Waals surface area contributed by atoms with Gasteiger partial charge in [0.1, 0.15) is 0 Å². The molecular formula is C22H34ClNO3. The molecule has 1 aromatic carbocycles. The van der Waals surface area contributed by atoms with Crippen molar-refractivity contribution in [2.24, 2.45) is 11.3 Å². The van der Waals surface area contributed by atoms with Gasteiger partial charge >= 0.3 is 0 Å². The number of carbonyl (C=O) groups is 1. The van der Waals surface area contributed by atoms with Crippen molar-refractivity contribution >= 4 is 17.5 Å². The number of aryl methyl sites for hydroxylation is 1. The van der Waals surface area contributed by atoms with Crippen molar-refractivity contribution in [1.82, 2.24) is 5.32 Å². The van der Waals surface area contributed by atoms with Gasteiger partial charge in [0.2, 0.25) is 0 Å². The SMILES string of the molecule is C.O=C(NCC12CCCC(CCC1)C2)c1cc(CCC(O)CO)ccc1Cl. The lowest BCUT2D eigenvalue weighted by Gasteiger charge is -2.45. The first kappa shape index (κ1) is 22.2. The average Bonchev–Trinajstić information content (AvgIpc) is 2.65. The molecule has 152 valence electrons. The number of benzene rings is 1. The Morgan fingerprint density at radius 1 is 1.30 bits per heavy atom. The molecular weight excluding hydrogens is 362 g/mol. The minimum absolute atomic E-state index is 0. The van der Waals surface area contributed by atoms with Crippen molar-refractivity contribution in [3.8, 4) is 0 Å². The van der Waals surface area contributed by atoms with Gasteiger partial charge in [-0.25, -0.2) is 0 Å². The maximum atomic E-state index is 12.7. The summed E-state index contributed by atoms with van der Waals surface area (Å²) in [4.78, 5) is 12.7. The van der Waals surface area contributed by atoms with Crippen LogP contribution in [0.2, 0.25) is 5.02 Å². The number of hydrogen-bond donors (Lipinski definition) is 3. The topological polar surface area (TPSA) is 69.6 Å². The van der Waals surface area contributed by atoms with Gasteiger partial charge in [-0.2, -0.15) is 0 Å². The zero-order valence-corrected chi connectivity index (χ0v) is 16.1. The van der Waals surface area contributed by atoms with Crippen LogP contribution >= 0.6 is 11.6 Å². The fourth-order valence-corrected chi connectivity index (χ4v) is 4.96. The Labute approximate surface area is 168 Å². The Kier molecular flexibility index (Phi) is 8.14. The van der Waals surface area contributed by atoms with Crippen molar-refractivity contribution in [3.05, 3.63) is 34.3 Å². The van der Waals surface area contributed by atoms with Crippen molar-refractivity contribution in [2.45, 2.75) is 71.3 Å². The maximum Gasteiger partial charge on any atom is 0.252 e. The summed E-state index contributed by atoms with van der Waals surface area (Å²) in [6.07, 6.45) is 9.29. The minimum Gasteiger partial charge on any atom is -0.394 e. The molecule has 0 saturated heterocycles. The molecule has 0 aromatic heterocycles. The van der Waals surface area contributed by atoms with Crippen LogP contribution in [0.15, 0.2) is 18.2 Å². The zero-order valence-electron chi connectivity index (χ0n) is 15.3. The molecule has 3 rings (SSSR count). The van der Waals surface area contributed by atoms with Crippen LogP contribution in [-0.2, 0) is 6.42 Å². The summed E-state index contributed by atoms with van der Waals surface area (Å²) in [5, 5.41) is 22.0. The molecule has 0 heterocycles. The lowest BCUT2D eigenvalue weighted by Crippen LogP contribution is -2.43. The van der Waals surface area contributed by atoms with Crippen LogP contribution in [0.1, 0.15) is 74.7 Å². The molecule has 0 aliphatic heterocycles. The van der Waals surface area contributed by atoms with Gasteiger partial charge in [-0.15, -0.1) is 0 Å². The number of rotatable bonds is 7. The van der Waals surface area contributed by atoms with E-state index in [4.69, 9.17) is 16.7 Å². The number of aliphatic hydroxyl groups is 2. The van der Waals surface area contributed by atoms with E-state index in [0.29, 0.717) is 23.4 Å². The molecule has 27 heavy (non-hydrogen) atoms. The van der Waals surface area contributed by atoms with Gasteiger partial charge in [0.15, 0.2) is 0 Å². The molecule has 3 N–H and O–H groups in total. The van der Waals surface area contributed by atoms with E-state index in [9.17, 15) is 9.90 Å². The maximum absolute atomic E-state index is 12.7. The molecule has 1 aromatic rings. The highest BCUT2D eigenvalue weighted by molar-refractivity contribution is 6.33. The van der Waals surface area contributed by atoms with Gasteiger partial charge in [-0.3, -0.25) is 4.79 Å². The van der Waals surface area contributed by atoms with E-state index in [2.05, 4.69) is 5.32 Å². The van der Waals surface area contributed by atoms with Gasteiger partial charge < -0.3 is 15.5 Å². The summed E-state index contributed by atoms with van der Waals surface area (Å²) in [7, 11) is 0. The number of fused-ring (bicyclic) bond motifs is 2. The first-order chi connectivity index (χ1) is 12.5. The Balaban J connectivity index is 0.00000261. The van der Waals surface area contributed by atoms with Crippen molar-refractivity contribution in [2.75, 3.05) is 13.2 Å². The van der Waals surface area contributed by atoms with E-state index in [0.717, 1.165) is 18.0 Å². The number of aliphatic hydroxyl groups excluding tert-OH is 2. The summed E-state index contributed by atoms with van der Waals surface area (Å²) in [5.41, 5.74) is 1.73. The first-order valence-electron chi connectivity index (χ1n) is 9.87. The standard InChI is InChI=1S/C21H30ClNO3.CH4/c22-19-8-6-15(5-7-17(25)13-24)11-18(19)20(26)23-14-21-9-1-3-16(12-21)4-2-10-21;/h6,8,11,16-17,24-25H,1-5,7,9-10,12-14H2,(H,23,26);1H4. The highest BCUT2D eigenvalue weighted by Crippen LogP contribution is 2.48. The van der Waals surface area contributed by atoms with Crippen molar-refractivity contribution in [1.29, 1.82) is 0 Å². The molecule has 0 spiro atoms. The molecule has 2 bridgehead atoms. The lowest BCUT2D eigenvalue weighted by atomic mass is 9.62. The highest BCUT2D eigenvalue weighted by atomic mass is 35.5. The lowest BCUT2D eigenvalue weighted by molar-refractivity contribution is 0.0681. The van der Waals surface area contributed by atoms with Gasteiger partial charge in [-0.05, 0) is 61.1 Å². The van der Waals surface area contributed by atoms with Gasteiger partial charge in [0.25, 0.3) is 5.91 Å². The second-order valence-electron chi connectivity index (χ2n) is 8.23. The number of amides is 1. The van der Waals surface area contributed by atoms with Gasteiger partial charge in [-0.1, -0.05) is 50.8 Å². The fraction of sp³-hybridized carbons (Fsp3) is 0.682. The molecule has 1 amide bonds. The van der Waals surface area contributed by atoms with E-state index in [1.165, 1.54) is 44.9 Å². The molecule has 5 heteroatoms. The quantitative estimate of drug-likeness (QED) is 0.642. The van der Waals surface area contributed by atoms with Crippen molar-refractivity contribution in [3.63, 3.8) is 0 Å². The predicted molar refractivity (Wildman–Crippen MR) is 110 cm³/mol. The highest BCUT2D eigenvalue weighted by Gasteiger charge is 2.39. The summed E-state index contributed by atoms with van der Waals surface area (Å²) >= 11 is 6.26. The van der Waals surface area contributed by atoms with E-state index >= 15 is 0 Å². The van der Waals surface area contributed by atoms with Crippen LogP contribution in [0.4, 0.5) is 0 Å². The van der Waals surface area contributed by atoms with E-state index in [1.54, 1.807) is 6.07 Å². The summed E-state index contributed by atoms with van der Waals surface area (Å²) in [6, 6.07) is 5.42. The van der Waals surface area contributed by atoms with Crippen molar-refractivity contribution < 1.29 is 15.0 Å². The molecule has 1 atom stereocenters. The molecule has 0 radical (unpaired) electrons. The third kappa shape index (κ3) is 5.69. The van der Waals surface area contributed by atoms with Crippen LogP contribution in [0.3, 0.4) is 0 Å². The largest absolute Gasteiger partial charge is 0.394 e. The van der Waals surface area contributed by atoms with E-state index in [-0.39, 0.29) is 25.4 Å². The van der Waals surface area contributed by atoms with Crippen LogP contribution in [0.25, 0.3) is 0 Å². The second kappa shape index (κ2) is 9.90. The third-order valence-electron chi connectivity index (χ3n) is 6.24. The molecule has 2 aliphatic carbocycles. The number of nitrogens with one attached hydrogen (secondary N) is 1. The normalized spacial score (nSPS) is 25.4. The fourth-order valence-electron chi connectivity index (χ4n) is 4.76. The zero-order chi connectivity index (χ0) is 18.6. The Hall–Kier alpha value is -1.10. The van der Waals surface area contributed by atoms with Gasteiger partial charge in [0.05, 0.1) is 23.3 Å². The summed E-state index contributed by atoms with van der Waals surface area (Å²) in [5.74, 6) is 0.737. The van der Waals surface area contributed by atoms with Crippen LogP contribution in [-0.4, -0.2) is 35.4 Å². The number of halogens is 1. The van der Waals surface area contributed by atoms with E-state index in [1.807, 2.05) is 12.1 Å². The molecule has 2 fully saturated rings. The average molecular weight is 396 g/mol. The number of carbonyl (C=O) groups excluding carboxylic acids is 1. The Morgan fingerprint density at radius 3 is 2.67 bits per heavy atom. The summed E-state index contributed by atoms with van der Waals surface area (Å²) < 4.78 is 0. The van der Waals surface area contributed by atoms with Crippen LogP contribution in [0.5, 0.6) is 0 Å². The number of hydrogen-bond acceptors (Lipinski definition) is 3. The minimum atomic E-state index is -0.729. The van der Waals surface area contributed by atoms with E-state index < -0.39 is 6.10 Å². The third-order valence-corrected chi connectivity index (χ3v) is 6.57.